The first-order valence-corrected chi connectivity index (χ1v) is 6.17. The number of halogens is 1. The SMILES string of the molecule is CCOC(=O)/C(CCCc1cccc(Cl)c1)=N\O. The van der Waals surface area contributed by atoms with E-state index in [4.69, 9.17) is 21.5 Å². The number of hydrogen-bond donors (Lipinski definition) is 1. The van der Waals surface area contributed by atoms with Gasteiger partial charge in [0.1, 0.15) is 0 Å². The molecule has 5 heteroatoms. The third-order valence-electron chi connectivity index (χ3n) is 2.40. The fraction of sp³-hybridized carbons (Fsp3) is 0.385. The van der Waals surface area contributed by atoms with Crippen LogP contribution in [0.2, 0.25) is 5.02 Å². The second-order valence-corrected chi connectivity index (χ2v) is 4.19. The molecule has 0 aliphatic heterocycles. The zero-order chi connectivity index (χ0) is 13.4. The van der Waals surface area contributed by atoms with E-state index >= 15 is 0 Å². The Morgan fingerprint density at radius 1 is 1.50 bits per heavy atom. The van der Waals surface area contributed by atoms with E-state index < -0.39 is 5.97 Å². The third kappa shape index (κ3) is 4.75. The van der Waals surface area contributed by atoms with Crippen molar-refractivity contribution in [2.45, 2.75) is 26.2 Å². The molecule has 0 atom stereocenters. The van der Waals surface area contributed by atoms with Crippen LogP contribution in [0.1, 0.15) is 25.3 Å². The summed E-state index contributed by atoms with van der Waals surface area (Å²) in [5.74, 6) is -0.564. The number of oxime groups is 1. The van der Waals surface area contributed by atoms with Crippen molar-refractivity contribution >= 4 is 23.3 Å². The first-order valence-electron chi connectivity index (χ1n) is 5.80. The maximum absolute atomic E-state index is 11.3. The number of hydrogen-bond acceptors (Lipinski definition) is 4. The Labute approximate surface area is 111 Å². The minimum absolute atomic E-state index is 0.0545. The lowest BCUT2D eigenvalue weighted by Crippen LogP contribution is -2.17. The predicted octanol–water partition coefficient (Wildman–Crippen LogP) is 3.06. The Balaban J connectivity index is 2.43. The number of aryl methyl sites for hydroxylation is 1. The molecule has 0 aliphatic rings. The zero-order valence-electron chi connectivity index (χ0n) is 10.2. The molecule has 1 N–H and O–H groups in total. The molecule has 0 amide bonds. The highest BCUT2D eigenvalue weighted by Gasteiger charge is 2.12. The van der Waals surface area contributed by atoms with Crippen molar-refractivity contribution in [3.63, 3.8) is 0 Å². The summed E-state index contributed by atoms with van der Waals surface area (Å²) >= 11 is 5.87. The van der Waals surface area contributed by atoms with Gasteiger partial charge in [-0.2, -0.15) is 0 Å². The van der Waals surface area contributed by atoms with Crippen molar-refractivity contribution in [3.8, 4) is 0 Å². The number of esters is 1. The van der Waals surface area contributed by atoms with Gasteiger partial charge in [-0.05, 0) is 37.5 Å². The summed E-state index contributed by atoms with van der Waals surface area (Å²) in [6, 6.07) is 7.53. The van der Waals surface area contributed by atoms with Crippen LogP contribution in [0, 0.1) is 0 Å². The summed E-state index contributed by atoms with van der Waals surface area (Å²) in [5, 5.41) is 12.4. The van der Waals surface area contributed by atoms with Gasteiger partial charge in [0.25, 0.3) is 0 Å². The van der Waals surface area contributed by atoms with Crippen molar-refractivity contribution in [3.05, 3.63) is 34.9 Å². The molecule has 1 rings (SSSR count). The van der Waals surface area contributed by atoms with Gasteiger partial charge in [0.05, 0.1) is 6.61 Å². The van der Waals surface area contributed by atoms with Crippen LogP contribution in [-0.2, 0) is 16.0 Å². The molecule has 0 heterocycles. The van der Waals surface area contributed by atoms with E-state index in [0.717, 1.165) is 12.0 Å². The maximum atomic E-state index is 11.3. The zero-order valence-corrected chi connectivity index (χ0v) is 11.0. The molecule has 0 radical (unpaired) electrons. The molecule has 18 heavy (non-hydrogen) atoms. The standard InChI is InChI=1S/C13H16ClNO3/c1-2-18-13(16)12(15-17)8-4-6-10-5-3-7-11(14)9-10/h3,5,7,9,17H,2,4,6,8H2,1H3/b15-12-. The van der Waals surface area contributed by atoms with Gasteiger partial charge in [-0.25, -0.2) is 4.79 Å². The summed E-state index contributed by atoms with van der Waals surface area (Å²) in [7, 11) is 0. The molecular weight excluding hydrogens is 254 g/mol. The molecule has 0 saturated heterocycles. The van der Waals surface area contributed by atoms with Crippen LogP contribution in [-0.4, -0.2) is 23.5 Å². The first kappa shape index (κ1) is 14.5. The lowest BCUT2D eigenvalue weighted by atomic mass is 10.1. The molecule has 0 spiro atoms. The van der Waals surface area contributed by atoms with Crippen molar-refractivity contribution in [2.75, 3.05) is 6.61 Å². The second-order valence-electron chi connectivity index (χ2n) is 3.75. The summed E-state index contributed by atoms with van der Waals surface area (Å²) in [4.78, 5) is 11.3. The Morgan fingerprint density at radius 2 is 2.28 bits per heavy atom. The van der Waals surface area contributed by atoms with E-state index in [1.807, 2.05) is 24.3 Å². The number of rotatable bonds is 6. The lowest BCUT2D eigenvalue weighted by molar-refractivity contribution is -0.135. The predicted molar refractivity (Wildman–Crippen MR) is 70.2 cm³/mol. The van der Waals surface area contributed by atoms with Crippen LogP contribution in [0.4, 0.5) is 0 Å². The van der Waals surface area contributed by atoms with Crippen LogP contribution < -0.4 is 0 Å². The maximum Gasteiger partial charge on any atom is 0.356 e. The van der Waals surface area contributed by atoms with Crippen LogP contribution >= 0.6 is 11.6 Å². The summed E-state index contributed by atoms with van der Waals surface area (Å²) < 4.78 is 4.77. The van der Waals surface area contributed by atoms with Gasteiger partial charge < -0.3 is 9.94 Å². The monoisotopic (exact) mass is 269 g/mol. The van der Waals surface area contributed by atoms with Crippen molar-refractivity contribution in [1.82, 2.24) is 0 Å². The average molecular weight is 270 g/mol. The smallest absolute Gasteiger partial charge is 0.356 e. The molecule has 1 aromatic rings. The minimum atomic E-state index is -0.564. The number of carbonyl (C=O) groups is 1. The number of ether oxygens (including phenoxy) is 1. The largest absolute Gasteiger partial charge is 0.461 e. The van der Waals surface area contributed by atoms with E-state index in [0.29, 0.717) is 17.9 Å². The van der Waals surface area contributed by atoms with E-state index in [9.17, 15) is 4.79 Å². The van der Waals surface area contributed by atoms with Gasteiger partial charge >= 0.3 is 5.97 Å². The molecular formula is C13H16ClNO3. The second kappa shape index (κ2) is 7.71. The van der Waals surface area contributed by atoms with Gasteiger partial charge in [-0.15, -0.1) is 0 Å². The topological polar surface area (TPSA) is 58.9 Å². The molecule has 98 valence electrons. The first-order chi connectivity index (χ1) is 8.67. The van der Waals surface area contributed by atoms with E-state index in [-0.39, 0.29) is 12.3 Å². The average Bonchev–Trinajstić information content (AvgIpc) is 2.35. The van der Waals surface area contributed by atoms with Crippen LogP contribution in [0.15, 0.2) is 29.4 Å². The van der Waals surface area contributed by atoms with Gasteiger partial charge in [0.15, 0.2) is 5.71 Å². The van der Waals surface area contributed by atoms with Crippen molar-refractivity contribution < 1.29 is 14.7 Å². The fourth-order valence-corrected chi connectivity index (χ4v) is 1.77. The van der Waals surface area contributed by atoms with Gasteiger partial charge in [0.2, 0.25) is 0 Å². The molecule has 0 saturated carbocycles. The highest BCUT2D eigenvalue weighted by molar-refractivity contribution is 6.36. The fourth-order valence-electron chi connectivity index (χ4n) is 1.56. The van der Waals surface area contributed by atoms with Crippen molar-refractivity contribution in [2.24, 2.45) is 5.16 Å². The highest BCUT2D eigenvalue weighted by atomic mass is 35.5. The van der Waals surface area contributed by atoms with Crippen LogP contribution in [0.25, 0.3) is 0 Å². The van der Waals surface area contributed by atoms with E-state index in [1.54, 1.807) is 6.92 Å². The molecule has 0 aromatic heterocycles. The summed E-state index contributed by atoms with van der Waals surface area (Å²) in [6.45, 7) is 1.98. The Hall–Kier alpha value is -1.55. The Morgan fingerprint density at radius 3 is 2.89 bits per heavy atom. The quantitative estimate of drug-likeness (QED) is 0.374. The molecule has 0 bridgehead atoms. The molecule has 0 unspecified atom stereocenters. The Bertz CT molecular complexity index is 432. The minimum Gasteiger partial charge on any atom is -0.461 e. The molecule has 1 aromatic carbocycles. The molecule has 0 fully saturated rings. The van der Waals surface area contributed by atoms with E-state index in [2.05, 4.69) is 5.16 Å². The molecule has 4 nitrogen and oxygen atoms in total. The van der Waals surface area contributed by atoms with Crippen molar-refractivity contribution in [1.29, 1.82) is 0 Å². The lowest BCUT2D eigenvalue weighted by Gasteiger charge is -2.04. The van der Waals surface area contributed by atoms with Gasteiger partial charge in [0, 0.05) is 11.4 Å². The van der Waals surface area contributed by atoms with Crippen LogP contribution in [0.3, 0.4) is 0 Å². The molecule has 0 aliphatic carbocycles. The highest BCUT2D eigenvalue weighted by Crippen LogP contribution is 2.13. The summed E-state index contributed by atoms with van der Waals surface area (Å²) in [5.41, 5.74) is 1.14. The summed E-state index contributed by atoms with van der Waals surface area (Å²) in [6.07, 6.45) is 1.83. The van der Waals surface area contributed by atoms with Gasteiger partial charge in [-0.1, -0.05) is 28.9 Å². The number of carbonyl (C=O) groups excluding carboxylic acids is 1. The Kier molecular flexibility index (Phi) is 6.22. The number of nitrogens with zero attached hydrogens (tertiary/aromatic N) is 1. The van der Waals surface area contributed by atoms with Crippen LogP contribution in [0.5, 0.6) is 0 Å². The third-order valence-corrected chi connectivity index (χ3v) is 2.63. The van der Waals surface area contributed by atoms with Gasteiger partial charge in [-0.3, -0.25) is 0 Å². The van der Waals surface area contributed by atoms with E-state index in [1.165, 1.54) is 0 Å². The number of benzene rings is 1. The normalized spacial score (nSPS) is 11.3.